The Balaban J connectivity index is 2.06. The number of phenolic OH excluding ortho intramolecular Hbond substituents is 1. The Morgan fingerprint density at radius 2 is 1.74 bits per heavy atom. The highest BCUT2D eigenvalue weighted by Crippen LogP contribution is 2.21. The van der Waals surface area contributed by atoms with Gasteiger partial charge in [0.05, 0.1) is 0 Å². The molecule has 0 aliphatic rings. The molecule has 118 valence electrons. The molecule has 2 aromatic rings. The van der Waals surface area contributed by atoms with Crippen LogP contribution in [0.1, 0.15) is 17.5 Å². The van der Waals surface area contributed by atoms with E-state index >= 15 is 0 Å². The van der Waals surface area contributed by atoms with E-state index in [-0.39, 0.29) is 18.6 Å². The van der Waals surface area contributed by atoms with Crippen LogP contribution in [0.25, 0.3) is 6.08 Å². The van der Waals surface area contributed by atoms with Gasteiger partial charge in [0.2, 0.25) is 0 Å². The number of aliphatic carboxylic acids is 1. The Morgan fingerprint density at radius 1 is 1.04 bits per heavy atom. The number of hydrogen-bond donors (Lipinski definition) is 2. The average molecular weight is 312 g/mol. The van der Waals surface area contributed by atoms with Crippen LogP contribution >= 0.6 is 0 Å². The quantitative estimate of drug-likeness (QED) is 0.486. The molecule has 2 N–H and O–H groups in total. The number of carboxylic acid groups (broad SMARTS) is 1. The van der Waals surface area contributed by atoms with E-state index < -0.39 is 11.9 Å². The second-order valence-electron chi connectivity index (χ2n) is 4.81. The van der Waals surface area contributed by atoms with E-state index in [2.05, 4.69) is 0 Å². The van der Waals surface area contributed by atoms with Crippen molar-refractivity contribution >= 4 is 18.0 Å². The summed E-state index contributed by atoms with van der Waals surface area (Å²) in [6.45, 7) is 0. The third-order valence-corrected chi connectivity index (χ3v) is 3.13. The molecule has 0 bridgehead atoms. The summed E-state index contributed by atoms with van der Waals surface area (Å²) in [5.41, 5.74) is 1.16. The number of ether oxygens (including phenoxy) is 1. The third kappa shape index (κ3) is 5.00. The second kappa shape index (κ2) is 7.79. The smallest absolute Gasteiger partial charge is 0.336 e. The van der Waals surface area contributed by atoms with Crippen LogP contribution in [0.4, 0.5) is 0 Å². The van der Waals surface area contributed by atoms with Crippen LogP contribution in [-0.4, -0.2) is 22.2 Å². The van der Waals surface area contributed by atoms with Gasteiger partial charge >= 0.3 is 11.9 Å². The van der Waals surface area contributed by atoms with Crippen LogP contribution in [0.15, 0.2) is 54.6 Å². The monoisotopic (exact) mass is 312 g/mol. The summed E-state index contributed by atoms with van der Waals surface area (Å²) < 4.78 is 5.24. The fourth-order valence-corrected chi connectivity index (χ4v) is 1.98. The van der Waals surface area contributed by atoms with Crippen molar-refractivity contribution in [2.75, 3.05) is 0 Å². The molecule has 23 heavy (non-hydrogen) atoms. The molecule has 2 aromatic carbocycles. The zero-order valence-electron chi connectivity index (χ0n) is 12.3. The maximum atomic E-state index is 11.9. The number of hydrogen-bond acceptors (Lipinski definition) is 4. The summed E-state index contributed by atoms with van der Waals surface area (Å²) in [5, 5.41) is 18.4. The van der Waals surface area contributed by atoms with Crippen molar-refractivity contribution in [3.05, 3.63) is 65.7 Å². The van der Waals surface area contributed by atoms with Gasteiger partial charge in [-0.05, 0) is 30.2 Å². The highest BCUT2D eigenvalue weighted by atomic mass is 16.5. The van der Waals surface area contributed by atoms with Crippen LogP contribution in [-0.2, 0) is 16.0 Å². The number of aryl methyl sites for hydroxylation is 1. The summed E-state index contributed by atoms with van der Waals surface area (Å²) in [6.07, 6.45) is 2.91. The first-order valence-corrected chi connectivity index (χ1v) is 7.04. The van der Waals surface area contributed by atoms with Gasteiger partial charge in [0.25, 0.3) is 0 Å². The molecule has 0 unspecified atom stereocenters. The van der Waals surface area contributed by atoms with Crippen molar-refractivity contribution in [2.24, 2.45) is 0 Å². The number of rotatable bonds is 6. The van der Waals surface area contributed by atoms with Crippen molar-refractivity contribution in [2.45, 2.75) is 12.8 Å². The van der Waals surface area contributed by atoms with Crippen LogP contribution in [0.2, 0.25) is 0 Å². The van der Waals surface area contributed by atoms with Gasteiger partial charge in [-0.15, -0.1) is 0 Å². The number of benzene rings is 2. The summed E-state index contributed by atoms with van der Waals surface area (Å²) >= 11 is 0. The zero-order valence-corrected chi connectivity index (χ0v) is 12.3. The lowest BCUT2D eigenvalue weighted by molar-refractivity contribution is -0.137. The molecule has 0 aromatic heterocycles. The van der Waals surface area contributed by atoms with Gasteiger partial charge in [0.15, 0.2) is 0 Å². The van der Waals surface area contributed by atoms with Crippen LogP contribution in [0.5, 0.6) is 11.5 Å². The van der Waals surface area contributed by atoms with E-state index in [9.17, 15) is 14.7 Å². The number of esters is 1. The van der Waals surface area contributed by atoms with Gasteiger partial charge < -0.3 is 14.9 Å². The maximum absolute atomic E-state index is 11.9. The Labute approximate surface area is 133 Å². The molecule has 5 heteroatoms. The van der Waals surface area contributed by atoms with Crippen LogP contribution in [0, 0.1) is 0 Å². The molecule has 0 spiro atoms. The normalized spacial score (nSPS) is 10.6. The van der Waals surface area contributed by atoms with Crippen LogP contribution in [0.3, 0.4) is 0 Å². The van der Waals surface area contributed by atoms with Gasteiger partial charge in [-0.3, -0.25) is 4.79 Å². The first kappa shape index (κ1) is 16.3. The van der Waals surface area contributed by atoms with E-state index in [1.807, 2.05) is 0 Å². The Morgan fingerprint density at radius 3 is 2.48 bits per heavy atom. The molecule has 0 atom stereocenters. The van der Waals surface area contributed by atoms with Crippen LogP contribution < -0.4 is 4.74 Å². The molecule has 0 radical (unpaired) electrons. The molecule has 0 heterocycles. The number of aromatic hydroxyl groups is 1. The van der Waals surface area contributed by atoms with Crippen molar-refractivity contribution in [1.29, 1.82) is 0 Å². The summed E-state index contributed by atoms with van der Waals surface area (Å²) in [5.74, 6) is -1.11. The molecule has 0 saturated heterocycles. The minimum atomic E-state index is -0.912. The van der Waals surface area contributed by atoms with Gasteiger partial charge in [-0.25, -0.2) is 4.79 Å². The van der Waals surface area contributed by atoms with E-state index in [0.29, 0.717) is 16.9 Å². The number of carbonyl (C=O) groups excluding carboxylic acids is 1. The summed E-state index contributed by atoms with van der Waals surface area (Å²) in [4.78, 5) is 22.5. The fourth-order valence-electron chi connectivity index (χ4n) is 1.98. The predicted octanol–water partition coefficient (Wildman–Crippen LogP) is 3.03. The van der Waals surface area contributed by atoms with Crippen molar-refractivity contribution < 1.29 is 24.5 Å². The highest BCUT2D eigenvalue weighted by Gasteiger charge is 2.08. The van der Waals surface area contributed by atoms with Crippen molar-refractivity contribution in [1.82, 2.24) is 0 Å². The first-order valence-electron chi connectivity index (χ1n) is 7.04. The van der Waals surface area contributed by atoms with Gasteiger partial charge in [0.1, 0.15) is 11.5 Å². The van der Waals surface area contributed by atoms with Gasteiger partial charge in [-0.2, -0.15) is 0 Å². The molecule has 0 aliphatic carbocycles. The SMILES string of the molecule is O=C(O)CCc1ccccc1OC(=O)/C=C/c1ccccc1O. The topological polar surface area (TPSA) is 83.8 Å². The fraction of sp³-hybridized carbons (Fsp3) is 0.111. The van der Waals surface area contributed by atoms with E-state index in [1.54, 1.807) is 42.5 Å². The Kier molecular flexibility index (Phi) is 5.52. The highest BCUT2D eigenvalue weighted by molar-refractivity contribution is 5.89. The van der Waals surface area contributed by atoms with Crippen molar-refractivity contribution in [3.63, 3.8) is 0 Å². The molecule has 5 nitrogen and oxygen atoms in total. The molecule has 0 saturated carbocycles. The van der Waals surface area contributed by atoms with Gasteiger partial charge in [-0.1, -0.05) is 36.4 Å². The average Bonchev–Trinajstić information content (AvgIpc) is 2.53. The number of phenols is 1. The number of para-hydroxylation sites is 2. The third-order valence-electron chi connectivity index (χ3n) is 3.13. The molecule has 0 amide bonds. The van der Waals surface area contributed by atoms with Gasteiger partial charge in [0, 0.05) is 18.1 Å². The van der Waals surface area contributed by atoms with E-state index in [4.69, 9.17) is 9.84 Å². The maximum Gasteiger partial charge on any atom is 0.336 e. The standard InChI is InChI=1S/C18H16O5/c19-15-7-3-1-5-13(15)10-12-18(22)23-16-8-4-2-6-14(16)9-11-17(20)21/h1-8,10,12,19H,9,11H2,(H,20,21)/b12-10+. The number of carbonyl (C=O) groups is 2. The first-order chi connectivity index (χ1) is 11.1. The Hall–Kier alpha value is -3.08. The molecule has 2 rings (SSSR count). The van der Waals surface area contributed by atoms with Crippen molar-refractivity contribution in [3.8, 4) is 11.5 Å². The Bertz CT molecular complexity index is 734. The summed E-state index contributed by atoms with van der Waals surface area (Å²) in [6, 6.07) is 13.4. The van der Waals surface area contributed by atoms with E-state index in [1.165, 1.54) is 18.2 Å². The minimum absolute atomic E-state index is 0.0394. The minimum Gasteiger partial charge on any atom is -0.507 e. The summed E-state index contributed by atoms with van der Waals surface area (Å²) in [7, 11) is 0. The number of carboxylic acids is 1. The lowest BCUT2D eigenvalue weighted by Gasteiger charge is -2.07. The zero-order chi connectivity index (χ0) is 16.7. The predicted molar refractivity (Wildman–Crippen MR) is 85.2 cm³/mol. The molecule has 0 aliphatic heterocycles. The largest absolute Gasteiger partial charge is 0.507 e. The molecule has 0 fully saturated rings. The molecular formula is C18H16O5. The second-order valence-corrected chi connectivity index (χ2v) is 4.81. The lowest BCUT2D eigenvalue weighted by atomic mass is 10.1. The molecular weight excluding hydrogens is 296 g/mol. The lowest BCUT2D eigenvalue weighted by Crippen LogP contribution is -2.07. The van der Waals surface area contributed by atoms with E-state index in [0.717, 1.165) is 0 Å².